The highest BCUT2D eigenvalue weighted by Crippen LogP contribution is 2.27. The molecule has 1 atom stereocenters. The summed E-state index contributed by atoms with van der Waals surface area (Å²) in [5.41, 5.74) is 1.59. The Bertz CT molecular complexity index is 903. The largest absolute Gasteiger partial charge is 0.484 e. The van der Waals surface area contributed by atoms with Gasteiger partial charge in [0.05, 0.1) is 0 Å². The van der Waals surface area contributed by atoms with Crippen LogP contribution in [0.3, 0.4) is 0 Å². The Balaban J connectivity index is 2.27. The van der Waals surface area contributed by atoms with Crippen LogP contribution in [0.4, 0.5) is 0 Å². The fraction of sp³-hybridized carbons (Fsp3) is 0.391. The van der Waals surface area contributed by atoms with E-state index in [2.05, 4.69) is 21.2 Å². The third-order valence-electron chi connectivity index (χ3n) is 4.82. The Morgan fingerprint density at radius 2 is 1.84 bits per heavy atom. The molecular formula is C23H27BrCl2N2O3. The van der Waals surface area contributed by atoms with Gasteiger partial charge in [0, 0.05) is 33.2 Å². The van der Waals surface area contributed by atoms with Crippen LogP contribution in [-0.4, -0.2) is 35.9 Å². The van der Waals surface area contributed by atoms with Crippen molar-refractivity contribution in [3.8, 4) is 5.75 Å². The smallest absolute Gasteiger partial charge is 0.261 e. The molecule has 2 rings (SSSR count). The molecule has 2 aromatic rings. The predicted molar refractivity (Wildman–Crippen MR) is 129 cm³/mol. The Hall–Kier alpha value is -1.76. The van der Waals surface area contributed by atoms with Crippen molar-refractivity contribution >= 4 is 50.9 Å². The number of carbonyl (C=O) groups excluding carboxylic acids is 2. The highest BCUT2D eigenvalue weighted by molar-refractivity contribution is 9.10. The average Bonchev–Trinajstić information content (AvgIpc) is 2.74. The van der Waals surface area contributed by atoms with E-state index in [0.29, 0.717) is 34.3 Å². The summed E-state index contributed by atoms with van der Waals surface area (Å²) < 4.78 is 6.69. The van der Waals surface area contributed by atoms with Gasteiger partial charge in [0.2, 0.25) is 5.91 Å². The minimum atomic E-state index is -0.665. The molecule has 5 nitrogen and oxygen atoms in total. The van der Waals surface area contributed by atoms with E-state index < -0.39 is 6.04 Å². The molecule has 0 unspecified atom stereocenters. The number of hydrogen-bond acceptors (Lipinski definition) is 3. The summed E-state index contributed by atoms with van der Waals surface area (Å²) in [5.74, 6) is 0.0451. The molecule has 0 bridgehead atoms. The van der Waals surface area contributed by atoms with Gasteiger partial charge in [0.25, 0.3) is 5.91 Å². The summed E-state index contributed by atoms with van der Waals surface area (Å²) >= 11 is 16.1. The van der Waals surface area contributed by atoms with Gasteiger partial charge in [0.1, 0.15) is 11.8 Å². The highest BCUT2D eigenvalue weighted by atomic mass is 79.9. The number of aryl methyl sites for hydroxylation is 1. The van der Waals surface area contributed by atoms with Crippen LogP contribution in [0.2, 0.25) is 10.0 Å². The van der Waals surface area contributed by atoms with Gasteiger partial charge in [-0.2, -0.15) is 0 Å². The van der Waals surface area contributed by atoms with E-state index in [0.717, 1.165) is 16.5 Å². The second-order valence-electron chi connectivity index (χ2n) is 7.14. The summed E-state index contributed by atoms with van der Waals surface area (Å²) in [6.07, 6.45) is 1.25. The van der Waals surface area contributed by atoms with Crippen molar-refractivity contribution in [2.24, 2.45) is 0 Å². The van der Waals surface area contributed by atoms with Gasteiger partial charge in [0.15, 0.2) is 6.61 Å². The summed E-state index contributed by atoms with van der Waals surface area (Å²) in [6, 6.07) is 9.99. The van der Waals surface area contributed by atoms with Crippen LogP contribution in [0.15, 0.2) is 40.9 Å². The van der Waals surface area contributed by atoms with Gasteiger partial charge in [-0.3, -0.25) is 9.59 Å². The van der Waals surface area contributed by atoms with Gasteiger partial charge >= 0.3 is 0 Å². The first-order valence-corrected chi connectivity index (χ1v) is 11.7. The van der Waals surface area contributed by atoms with Crippen molar-refractivity contribution in [1.82, 2.24) is 10.2 Å². The van der Waals surface area contributed by atoms with E-state index in [1.165, 1.54) is 4.90 Å². The Morgan fingerprint density at radius 1 is 1.16 bits per heavy atom. The first-order valence-electron chi connectivity index (χ1n) is 10.2. The van der Waals surface area contributed by atoms with Gasteiger partial charge in [-0.1, -0.05) is 59.0 Å². The zero-order valence-electron chi connectivity index (χ0n) is 17.9. The molecule has 0 radical (unpaired) electrons. The van der Waals surface area contributed by atoms with Crippen molar-refractivity contribution in [3.05, 3.63) is 62.0 Å². The Kier molecular flexibility index (Phi) is 10.1. The molecule has 0 aliphatic carbocycles. The van der Waals surface area contributed by atoms with Gasteiger partial charge < -0.3 is 15.0 Å². The van der Waals surface area contributed by atoms with Gasteiger partial charge in [-0.25, -0.2) is 0 Å². The number of carbonyl (C=O) groups is 2. The fourth-order valence-corrected chi connectivity index (χ4v) is 3.84. The molecule has 2 amide bonds. The van der Waals surface area contributed by atoms with Gasteiger partial charge in [-0.15, -0.1) is 0 Å². The number of halogens is 3. The lowest BCUT2D eigenvalue weighted by atomic mass is 10.1. The molecule has 0 fully saturated rings. The summed E-state index contributed by atoms with van der Waals surface area (Å²) in [6.45, 7) is 6.22. The maximum absolute atomic E-state index is 13.2. The first-order chi connectivity index (χ1) is 14.8. The molecule has 0 spiro atoms. The van der Waals surface area contributed by atoms with Crippen molar-refractivity contribution in [1.29, 1.82) is 0 Å². The van der Waals surface area contributed by atoms with E-state index in [9.17, 15) is 9.59 Å². The zero-order valence-corrected chi connectivity index (χ0v) is 21.0. The highest BCUT2D eigenvalue weighted by Gasteiger charge is 2.29. The third-order valence-corrected chi connectivity index (χ3v) is 6.41. The molecule has 31 heavy (non-hydrogen) atoms. The molecule has 8 heteroatoms. The summed E-state index contributed by atoms with van der Waals surface area (Å²) in [5, 5.41) is 3.76. The maximum atomic E-state index is 13.2. The van der Waals surface area contributed by atoms with Gasteiger partial charge in [-0.05, 0) is 55.7 Å². The monoisotopic (exact) mass is 528 g/mol. The van der Waals surface area contributed by atoms with Crippen LogP contribution in [0.5, 0.6) is 5.75 Å². The second-order valence-corrected chi connectivity index (χ2v) is 8.81. The SMILES string of the molecule is CCCNC(=O)[C@@H](CC)N(Cc1c(Cl)cccc1Cl)C(=O)COc1ccc(Br)c(C)c1. The number of amides is 2. The minimum Gasteiger partial charge on any atom is -0.484 e. The van der Waals surface area contributed by atoms with Crippen LogP contribution in [0.1, 0.15) is 37.8 Å². The number of ether oxygens (including phenoxy) is 1. The zero-order chi connectivity index (χ0) is 23.0. The van der Waals surface area contributed by atoms with E-state index in [4.69, 9.17) is 27.9 Å². The van der Waals surface area contributed by atoms with Crippen LogP contribution in [0.25, 0.3) is 0 Å². The van der Waals surface area contributed by atoms with Crippen LogP contribution < -0.4 is 10.1 Å². The van der Waals surface area contributed by atoms with Crippen molar-refractivity contribution in [3.63, 3.8) is 0 Å². The average molecular weight is 530 g/mol. The lowest BCUT2D eigenvalue weighted by Crippen LogP contribution is -2.50. The summed E-state index contributed by atoms with van der Waals surface area (Å²) in [7, 11) is 0. The molecule has 0 saturated carbocycles. The third kappa shape index (κ3) is 7.13. The molecule has 2 aromatic carbocycles. The van der Waals surface area contributed by atoms with Crippen LogP contribution in [0, 0.1) is 6.92 Å². The molecule has 0 aromatic heterocycles. The predicted octanol–water partition coefficient (Wildman–Crippen LogP) is 5.78. The van der Waals surface area contributed by atoms with E-state index in [1.807, 2.05) is 32.9 Å². The van der Waals surface area contributed by atoms with Crippen LogP contribution in [-0.2, 0) is 16.1 Å². The Morgan fingerprint density at radius 3 is 2.42 bits per heavy atom. The molecule has 0 heterocycles. The van der Waals surface area contributed by atoms with E-state index in [1.54, 1.807) is 24.3 Å². The Labute approximate surface area is 202 Å². The number of hydrogen-bond donors (Lipinski definition) is 1. The van der Waals surface area contributed by atoms with E-state index in [-0.39, 0.29) is 25.0 Å². The number of benzene rings is 2. The lowest BCUT2D eigenvalue weighted by molar-refractivity contribution is -0.143. The molecule has 0 aliphatic rings. The van der Waals surface area contributed by atoms with Crippen molar-refractivity contribution in [2.75, 3.05) is 13.2 Å². The first kappa shape index (κ1) is 25.5. The summed E-state index contributed by atoms with van der Waals surface area (Å²) in [4.78, 5) is 27.5. The lowest BCUT2D eigenvalue weighted by Gasteiger charge is -2.31. The van der Waals surface area contributed by atoms with Crippen LogP contribution >= 0.6 is 39.1 Å². The molecule has 168 valence electrons. The van der Waals surface area contributed by atoms with E-state index >= 15 is 0 Å². The number of nitrogens with zero attached hydrogens (tertiary/aromatic N) is 1. The fourth-order valence-electron chi connectivity index (χ4n) is 3.07. The number of nitrogens with one attached hydrogen (secondary N) is 1. The molecular weight excluding hydrogens is 503 g/mol. The maximum Gasteiger partial charge on any atom is 0.261 e. The standard InChI is InChI=1S/C23H27BrCl2N2O3/c1-4-11-27-23(30)21(5-2)28(13-17-19(25)7-6-8-20(17)26)22(29)14-31-16-9-10-18(24)15(3)12-16/h6-10,12,21H,4-5,11,13-14H2,1-3H3,(H,27,30)/t21-/m1/s1. The minimum absolute atomic E-state index is 0.109. The number of rotatable bonds is 10. The van der Waals surface area contributed by atoms with Crippen molar-refractivity contribution in [2.45, 2.75) is 46.2 Å². The molecule has 0 saturated heterocycles. The second kappa shape index (κ2) is 12.3. The topological polar surface area (TPSA) is 58.6 Å². The molecule has 0 aliphatic heterocycles. The molecule has 1 N–H and O–H groups in total. The quantitative estimate of drug-likeness (QED) is 0.424. The van der Waals surface area contributed by atoms with Crippen molar-refractivity contribution < 1.29 is 14.3 Å². The normalized spacial score (nSPS) is 11.7.